The highest BCUT2D eigenvalue weighted by Crippen LogP contribution is 2.41. The number of benzene rings is 6. The second-order valence-electron chi connectivity index (χ2n) is 11.1. The first-order valence-electron chi connectivity index (χ1n) is 15.1. The van der Waals surface area contributed by atoms with Crippen LogP contribution >= 0.6 is 11.3 Å². The molecule has 0 aliphatic rings. The van der Waals surface area contributed by atoms with Gasteiger partial charge in [0.25, 0.3) is 0 Å². The summed E-state index contributed by atoms with van der Waals surface area (Å²) in [6.07, 6.45) is 0. The zero-order chi connectivity index (χ0) is 30.5. The van der Waals surface area contributed by atoms with Crippen molar-refractivity contribution in [1.82, 2.24) is 19.9 Å². The third-order valence-corrected chi connectivity index (χ3v) is 9.41. The molecular weight excluding hydrogens is 585 g/mol. The molecule has 0 saturated heterocycles. The van der Waals surface area contributed by atoms with E-state index in [1.165, 1.54) is 31.3 Å². The lowest BCUT2D eigenvalue weighted by atomic mass is 10.0. The molecule has 3 aromatic heterocycles. The number of hydrogen-bond acceptors (Lipinski definition) is 6. The molecule has 0 N–H and O–H groups in total. The van der Waals surface area contributed by atoms with Crippen LogP contribution in [0.15, 0.2) is 150 Å². The van der Waals surface area contributed by atoms with Crippen molar-refractivity contribution in [2.24, 2.45) is 0 Å². The lowest BCUT2D eigenvalue weighted by molar-refractivity contribution is 0.620. The highest BCUT2D eigenvalue weighted by Gasteiger charge is 2.19. The second kappa shape index (κ2) is 10.9. The fourth-order valence-electron chi connectivity index (χ4n) is 5.96. The van der Waals surface area contributed by atoms with E-state index >= 15 is 0 Å². The second-order valence-corrected chi connectivity index (χ2v) is 12.1. The summed E-state index contributed by atoms with van der Waals surface area (Å²) in [5.74, 6) is 2.31. The summed E-state index contributed by atoms with van der Waals surface area (Å²) in [6, 6.07) is 49.4. The van der Waals surface area contributed by atoms with Crippen LogP contribution in [0.3, 0.4) is 0 Å². The van der Waals surface area contributed by atoms with Gasteiger partial charge in [-0.15, -0.1) is 11.3 Å². The van der Waals surface area contributed by atoms with Crippen molar-refractivity contribution >= 4 is 42.6 Å². The molecule has 0 aliphatic carbocycles. The molecule has 0 atom stereocenters. The van der Waals surface area contributed by atoms with Gasteiger partial charge in [0, 0.05) is 42.4 Å². The summed E-state index contributed by atoms with van der Waals surface area (Å²) in [7, 11) is 0. The maximum Gasteiger partial charge on any atom is 0.227 e. The number of thiophene rings is 1. The van der Waals surface area contributed by atoms with Crippen molar-refractivity contribution in [1.29, 1.82) is 0 Å². The fourth-order valence-corrected chi connectivity index (χ4v) is 7.18. The van der Waals surface area contributed by atoms with Gasteiger partial charge in [-0.25, -0.2) is 19.9 Å². The Hall–Kier alpha value is -5.98. The normalized spacial score (nSPS) is 11.5. The lowest BCUT2D eigenvalue weighted by Crippen LogP contribution is -2.00. The largest absolute Gasteiger partial charge is 0.436 e. The standard InChI is InChI=1S/C40H24N4OS/c1-4-12-25(13-5-1)29-18-10-19-30-32-24-28(22-23-34(32)46-36(29)30)38-42-37(26-14-6-2-7-15-26)43-39(44-38)31-20-11-21-33-35(31)41-40(45-33)27-16-8-3-9-17-27/h1-24H. The Morgan fingerprint density at radius 3 is 1.83 bits per heavy atom. The molecule has 0 amide bonds. The predicted molar refractivity (Wildman–Crippen MR) is 187 cm³/mol. The van der Waals surface area contributed by atoms with Crippen molar-refractivity contribution < 1.29 is 4.42 Å². The molecular formula is C40H24N4OS. The molecule has 6 heteroatoms. The summed E-state index contributed by atoms with van der Waals surface area (Å²) >= 11 is 1.82. The van der Waals surface area contributed by atoms with E-state index in [0.717, 1.165) is 22.3 Å². The Bertz CT molecular complexity index is 2520. The van der Waals surface area contributed by atoms with E-state index in [0.29, 0.717) is 34.5 Å². The zero-order valence-electron chi connectivity index (χ0n) is 24.5. The summed E-state index contributed by atoms with van der Waals surface area (Å²) in [6.45, 7) is 0. The zero-order valence-corrected chi connectivity index (χ0v) is 25.3. The number of oxazole rings is 1. The van der Waals surface area contributed by atoms with Gasteiger partial charge < -0.3 is 4.42 Å². The van der Waals surface area contributed by atoms with E-state index in [1.54, 1.807) is 0 Å². The van der Waals surface area contributed by atoms with Gasteiger partial charge in [-0.1, -0.05) is 103 Å². The molecule has 0 radical (unpaired) electrons. The van der Waals surface area contributed by atoms with Gasteiger partial charge in [0.05, 0.1) is 0 Å². The quantitative estimate of drug-likeness (QED) is 0.194. The van der Waals surface area contributed by atoms with Crippen LogP contribution in [0.25, 0.3) is 88.0 Å². The predicted octanol–water partition coefficient (Wildman–Crippen LogP) is 10.7. The average Bonchev–Trinajstić information content (AvgIpc) is 3.74. The van der Waals surface area contributed by atoms with Crippen LogP contribution < -0.4 is 0 Å². The molecule has 9 rings (SSSR count). The van der Waals surface area contributed by atoms with Gasteiger partial charge in [-0.05, 0) is 53.6 Å². The molecule has 216 valence electrons. The summed E-state index contributed by atoms with van der Waals surface area (Å²) in [5.41, 5.74) is 7.40. The van der Waals surface area contributed by atoms with Gasteiger partial charge in [0.2, 0.25) is 5.89 Å². The third kappa shape index (κ3) is 4.55. The highest BCUT2D eigenvalue weighted by molar-refractivity contribution is 7.26. The Kier molecular flexibility index (Phi) is 6.25. The van der Waals surface area contributed by atoms with E-state index < -0.39 is 0 Å². The molecule has 6 aromatic carbocycles. The third-order valence-electron chi connectivity index (χ3n) is 8.19. The van der Waals surface area contributed by atoms with Gasteiger partial charge >= 0.3 is 0 Å². The van der Waals surface area contributed by atoms with Crippen molar-refractivity contribution in [2.75, 3.05) is 0 Å². The molecule has 0 bridgehead atoms. The Morgan fingerprint density at radius 2 is 1.07 bits per heavy atom. The monoisotopic (exact) mass is 608 g/mol. The Balaban J connectivity index is 1.23. The molecule has 5 nitrogen and oxygen atoms in total. The molecule has 0 aliphatic heterocycles. The molecule has 46 heavy (non-hydrogen) atoms. The van der Waals surface area contributed by atoms with Gasteiger partial charge in [-0.2, -0.15) is 0 Å². The number of para-hydroxylation sites is 1. The minimum Gasteiger partial charge on any atom is -0.436 e. The Labute approximate surface area is 268 Å². The summed E-state index contributed by atoms with van der Waals surface area (Å²) < 4.78 is 8.68. The molecule has 0 saturated carbocycles. The maximum absolute atomic E-state index is 6.19. The van der Waals surface area contributed by atoms with Crippen LogP contribution in [0.1, 0.15) is 0 Å². The fraction of sp³-hybridized carbons (Fsp3) is 0. The number of aromatic nitrogens is 4. The van der Waals surface area contributed by atoms with Gasteiger partial charge in [0.1, 0.15) is 5.52 Å². The van der Waals surface area contributed by atoms with Gasteiger partial charge in [0.15, 0.2) is 23.1 Å². The van der Waals surface area contributed by atoms with Crippen molar-refractivity contribution in [3.8, 4) is 56.7 Å². The molecule has 0 spiro atoms. The highest BCUT2D eigenvalue weighted by atomic mass is 32.1. The summed E-state index contributed by atoms with van der Waals surface area (Å²) in [5, 5.41) is 2.41. The van der Waals surface area contributed by atoms with Crippen molar-refractivity contribution in [2.45, 2.75) is 0 Å². The van der Waals surface area contributed by atoms with Crippen LogP contribution in [-0.2, 0) is 0 Å². The van der Waals surface area contributed by atoms with Crippen LogP contribution in [-0.4, -0.2) is 19.9 Å². The van der Waals surface area contributed by atoms with Crippen LogP contribution in [0.4, 0.5) is 0 Å². The van der Waals surface area contributed by atoms with Crippen LogP contribution in [0.2, 0.25) is 0 Å². The van der Waals surface area contributed by atoms with E-state index in [1.807, 2.05) is 90.2 Å². The van der Waals surface area contributed by atoms with E-state index in [4.69, 9.17) is 24.4 Å². The average molecular weight is 609 g/mol. The first-order valence-corrected chi connectivity index (χ1v) is 15.9. The van der Waals surface area contributed by atoms with E-state index in [9.17, 15) is 0 Å². The molecule has 9 aromatic rings. The number of nitrogens with zero attached hydrogens (tertiary/aromatic N) is 4. The topological polar surface area (TPSA) is 64.7 Å². The van der Waals surface area contributed by atoms with Gasteiger partial charge in [-0.3, -0.25) is 0 Å². The van der Waals surface area contributed by atoms with E-state index in [2.05, 4.69) is 66.7 Å². The molecule has 0 fully saturated rings. The first kappa shape index (κ1) is 26.4. The lowest BCUT2D eigenvalue weighted by Gasteiger charge is -2.09. The van der Waals surface area contributed by atoms with Crippen LogP contribution in [0, 0.1) is 0 Å². The first-order chi connectivity index (χ1) is 22.8. The maximum atomic E-state index is 6.19. The number of hydrogen-bond donors (Lipinski definition) is 0. The SMILES string of the molecule is c1ccc(-c2nc(-c3ccc4sc5c(-c6ccccc6)cccc5c4c3)nc(-c3cccc4oc(-c5ccccc5)nc34)n2)cc1. The molecule has 0 unspecified atom stereocenters. The molecule has 3 heterocycles. The van der Waals surface area contributed by atoms with Crippen molar-refractivity contribution in [3.63, 3.8) is 0 Å². The van der Waals surface area contributed by atoms with E-state index in [-0.39, 0.29) is 0 Å². The van der Waals surface area contributed by atoms with Crippen molar-refractivity contribution in [3.05, 3.63) is 146 Å². The summed E-state index contributed by atoms with van der Waals surface area (Å²) in [4.78, 5) is 20.0. The number of rotatable bonds is 5. The number of fused-ring (bicyclic) bond motifs is 4. The minimum atomic E-state index is 0.545. The smallest absolute Gasteiger partial charge is 0.227 e. The minimum absolute atomic E-state index is 0.545. The Morgan fingerprint density at radius 1 is 0.435 bits per heavy atom. The van der Waals surface area contributed by atoms with Crippen LogP contribution in [0.5, 0.6) is 0 Å².